The van der Waals surface area contributed by atoms with Crippen LogP contribution in [0, 0.1) is 0 Å². The average Bonchev–Trinajstić information content (AvgIpc) is 3.47. The molecule has 0 unspecified atom stereocenters. The molecule has 0 fully saturated rings. The summed E-state index contributed by atoms with van der Waals surface area (Å²) >= 11 is 0.716. The minimum absolute atomic E-state index is 0.0811. The molecule has 7 nitrogen and oxygen atoms in total. The van der Waals surface area contributed by atoms with Crippen LogP contribution in [0.4, 0.5) is 0 Å². The Kier molecular flexibility index (Phi) is 11.4. The van der Waals surface area contributed by atoms with Crippen molar-refractivity contribution in [3.05, 3.63) is 52.4 Å². The summed E-state index contributed by atoms with van der Waals surface area (Å²) in [5.74, 6) is 0.549. The summed E-state index contributed by atoms with van der Waals surface area (Å²) in [4.78, 5) is 26.2. The van der Waals surface area contributed by atoms with Gasteiger partial charge in [0.2, 0.25) is 0 Å². The molecule has 10 heteroatoms. The molecule has 0 aromatic carbocycles. The van der Waals surface area contributed by atoms with Crippen LogP contribution in [0.3, 0.4) is 0 Å². The number of carbonyl (C=O) groups excluding carboxylic acids is 1. The van der Waals surface area contributed by atoms with E-state index in [4.69, 9.17) is 10.5 Å². The Morgan fingerprint density at radius 3 is 2.43 bits per heavy atom. The van der Waals surface area contributed by atoms with E-state index in [1.165, 1.54) is 51.8 Å². The van der Waals surface area contributed by atoms with Gasteiger partial charge in [-0.05, 0) is 0 Å². The number of thiazole rings is 1. The van der Waals surface area contributed by atoms with Crippen molar-refractivity contribution in [3.63, 3.8) is 0 Å². The summed E-state index contributed by atoms with van der Waals surface area (Å²) in [5.41, 5.74) is 9.71. The van der Waals surface area contributed by atoms with Crippen LogP contribution >= 0.6 is 23.1 Å². The fourth-order valence-electron chi connectivity index (χ4n) is 4.50. The third kappa shape index (κ3) is 7.02. The molecule has 0 spiro atoms. The molecule has 3 aromatic heterocycles. The maximum absolute atomic E-state index is 13.5. The molecule has 0 saturated carbocycles. The third-order valence-corrected chi connectivity index (χ3v) is 26.7. The van der Waals surface area contributed by atoms with Crippen LogP contribution in [0.25, 0.3) is 15.3 Å². The van der Waals surface area contributed by atoms with Crippen LogP contribution in [0.15, 0.2) is 41.0 Å². The summed E-state index contributed by atoms with van der Waals surface area (Å²) in [6, 6.07) is 3.59. The SMILES string of the molecule is CCC[CH2][Sn]([CH2]CCC)([CH2]CCC)[c]1cn2c(SCCN=[N+]=[N-])nc(C(=O)c3cccnc3)c2s1. The van der Waals surface area contributed by atoms with Crippen LogP contribution in [0.5, 0.6) is 0 Å². The normalized spacial score (nSPS) is 11.6. The van der Waals surface area contributed by atoms with Crippen LogP contribution in [0.2, 0.25) is 13.3 Å². The van der Waals surface area contributed by atoms with Crippen LogP contribution in [-0.2, 0) is 0 Å². The quantitative estimate of drug-likeness (QED) is 0.0316. The molecule has 0 amide bonds. The first-order valence-corrected chi connectivity index (χ1v) is 22.0. The third-order valence-electron chi connectivity index (χ3n) is 6.46. The van der Waals surface area contributed by atoms with Gasteiger partial charge in [0, 0.05) is 0 Å². The van der Waals surface area contributed by atoms with Gasteiger partial charge in [-0.1, -0.05) is 0 Å². The molecular weight excluding hydrogens is 583 g/mol. The second-order valence-corrected chi connectivity index (χ2v) is 25.2. The van der Waals surface area contributed by atoms with Gasteiger partial charge in [0.05, 0.1) is 0 Å². The molecule has 0 bridgehead atoms. The van der Waals surface area contributed by atoms with Gasteiger partial charge in [-0.3, -0.25) is 0 Å². The van der Waals surface area contributed by atoms with Gasteiger partial charge in [-0.25, -0.2) is 0 Å². The topological polar surface area (TPSA) is 96.0 Å². The number of carbonyl (C=O) groups is 1. The summed E-state index contributed by atoms with van der Waals surface area (Å²) in [6.45, 7) is 7.28. The van der Waals surface area contributed by atoms with Gasteiger partial charge >= 0.3 is 222 Å². The Balaban J connectivity index is 2.11. The molecular formula is C25H36N6OS2Sn. The number of pyridine rings is 1. The van der Waals surface area contributed by atoms with E-state index in [1.807, 2.05) is 11.3 Å². The van der Waals surface area contributed by atoms with E-state index >= 15 is 0 Å². The first kappa shape index (κ1) is 28.0. The van der Waals surface area contributed by atoms with Crippen molar-refractivity contribution in [1.82, 2.24) is 14.4 Å². The number of imidazole rings is 1. The molecule has 188 valence electrons. The van der Waals surface area contributed by atoms with Crippen LogP contribution in [0.1, 0.15) is 75.3 Å². The number of fused-ring (bicyclic) bond motifs is 1. The molecule has 0 radical (unpaired) electrons. The number of hydrogen-bond donors (Lipinski definition) is 0. The fraction of sp³-hybridized carbons (Fsp3) is 0.560. The van der Waals surface area contributed by atoms with Crippen molar-refractivity contribution in [2.24, 2.45) is 5.11 Å². The van der Waals surface area contributed by atoms with Crippen molar-refractivity contribution < 1.29 is 4.79 Å². The van der Waals surface area contributed by atoms with Crippen molar-refractivity contribution in [1.29, 1.82) is 0 Å². The second-order valence-electron chi connectivity index (χ2n) is 8.98. The predicted molar refractivity (Wildman–Crippen MR) is 150 cm³/mol. The fourth-order valence-corrected chi connectivity index (χ4v) is 25.4. The maximum atomic E-state index is 13.5. The molecule has 0 aliphatic rings. The van der Waals surface area contributed by atoms with Crippen LogP contribution in [-0.4, -0.2) is 50.8 Å². The Morgan fingerprint density at radius 2 is 1.86 bits per heavy atom. The Morgan fingerprint density at radius 1 is 1.17 bits per heavy atom. The van der Waals surface area contributed by atoms with Crippen molar-refractivity contribution >= 4 is 55.0 Å². The van der Waals surface area contributed by atoms with Gasteiger partial charge in [0.25, 0.3) is 0 Å². The zero-order valence-corrected chi connectivity index (χ0v) is 25.6. The van der Waals surface area contributed by atoms with E-state index in [2.05, 4.69) is 46.4 Å². The molecule has 0 aliphatic carbocycles. The number of aromatic nitrogens is 3. The Hall–Kier alpha value is -1.55. The van der Waals surface area contributed by atoms with E-state index in [0.29, 0.717) is 23.6 Å². The molecule has 0 aliphatic heterocycles. The number of thioether (sulfide) groups is 1. The summed E-state index contributed by atoms with van der Waals surface area (Å²) in [6.07, 6.45) is 13.2. The molecule has 0 N–H and O–H groups in total. The zero-order valence-electron chi connectivity index (χ0n) is 21.1. The number of ketones is 1. The Labute approximate surface area is 220 Å². The van der Waals surface area contributed by atoms with Gasteiger partial charge in [-0.2, -0.15) is 0 Å². The molecule has 3 rings (SSSR count). The standard InChI is InChI=1S/C13H9N6OS2.3C4H9.Sn/c14-18-16-4-6-22-13-17-10(12-19(13)5-7-21-12)11(20)9-2-1-3-15-8-9;3*1-3-4-2;/h1-3,5,8H,4,6H2;3*1,3-4H2,2H3;. The Bertz CT molecular complexity index is 1120. The van der Waals surface area contributed by atoms with E-state index < -0.39 is 18.4 Å². The number of unbranched alkanes of at least 4 members (excludes halogenated alkanes) is 3. The predicted octanol–water partition coefficient (Wildman–Crippen LogP) is 7.48. The van der Waals surface area contributed by atoms with Gasteiger partial charge < -0.3 is 0 Å². The molecule has 3 heterocycles. The van der Waals surface area contributed by atoms with Crippen molar-refractivity contribution in [3.8, 4) is 0 Å². The first-order chi connectivity index (χ1) is 17.1. The number of azide groups is 1. The summed E-state index contributed by atoms with van der Waals surface area (Å²) < 4.78 is 7.87. The van der Waals surface area contributed by atoms with Crippen LogP contribution < -0.4 is 2.89 Å². The minimum atomic E-state index is -2.66. The summed E-state index contributed by atoms with van der Waals surface area (Å²) in [7, 11) is 0. The zero-order chi connectivity index (χ0) is 25.1. The average molecular weight is 619 g/mol. The summed E-state index contributed by atoms with van der Waals surface area (Å²) in [5, 5.41) is 4.47. The van der Waals surface area contributed by atoms with E-state index in [1.54, 1.807) is 39.2 Å². The van der Waals surface area contributed by atoms with Crippen molar-refractivity contribution in [2.45, 2.75) is 77.8 Å². The first-order valence-electron chi connectivity index (χ1n) is 12.7. The van der Waals surface area contributed by atoms with Crippen molar-refractivity contribution in [2.75, 3.05) is 12.3 Å². The number of rotatable bonds is 16. The number of hydrogen-bond acceptors (Lipinski definition) is 6. The van der Waals surface area contributed by atoms with Gasteiger partial charge in [0.15, 0.2) is 0 Å². The van der Waals surface area contributed by atoms with Gasteiger partial charge in [0.1, 0.15) is 0 Å². The van der Waals surface area contributed by atoms with E-state index in [-0.39, 0.29) is 5.78 Å². The van der Waals surface area contributed by atoms with E-state index in [0.717, 1.165) is 9.99 Å². The molecule has 0 saturated heterocycles. The second kappa shape index (κ2) is 14.3. The van der Waals surface area contributed by atoms with E-state index in [9.17, 15) is 4.79 Å². The monoisotopic (exact) mass is 620 g/mol. The molecule has 35 heavy (non-hydrogen) atoms. The molecule has 3 aromatic rings. The number of nitrogens with zero attached hydrogens (tertiary/aromatic N) is 6. The molecule has 0 atom stereocenters. The van der Waals surface area contributed by atoms with Gasteiger partial charge in [-0.15, -0.1) is 0 Å².